The molecule has 0 bridgehead atoms. The molecule has 1 saturated heterocycles. The van der Waals surface area contributed by atoms with E-state index in [2.05, 4.69) is 5.32 Å². The predicted molar refractivity (Wildman–Crippen MR) is 113 cm³/mol. The number of thioether (sulfide) groups is 1. The quantitative estimate of drug-likeness (QED) is 0.613. The minimum absolute atomic E-state index is 0.0134. The second kappa shape index (κ2) is 9.17. The van der Waals surface area contributed by atoms with Crippen molar-refractivity contribution >= 4 is 35.4 Å². The molecule has 1 aromatic carbocycles. The first-order chi connectivity index (χ1) is 14.3. The molecule has 2 amide bonds. The Morgan fingerprint density at radius 1 is 1.37 bits per heavy atom. The van der Waals surface area contributed by atoms with Crippen LogP contribution in [-0.2, 0) is 20.7 Å². The van der Waals surface area contributed by atoms with Gasteiger partial charge in [0.05, 0.1) is 6.54 Å². The van der Waals surface area contributed by atoms with Crippen LogP contribution in [0.1, 0.15) is 18.9 Å². The molecule has 0 radical (unpaired) electrons. The third-order valence-electron chi connectivity index (χ3n) is 4.99. The van der Waals surface area contributed by atoms with Gasteiger partial charge in [0, 0.05) is 29.2 Å². The van der Waals surface area contributed by atoms with Crippen LogP contribution in [0.25, 0.3) is 0 Å². The Hall–Kier alpha value is -3.07. The van der Waals surface area contributed by atoms with Gasteiger partial charge >= 0.3 is 12.1 Å². The second-order valence-electron chi connectivity index (χ2n) is 7.00. The number of carboxylic acids is 1. The summed E-state index contributed by atoms with van der Waals surface area (Å²) in [7, 11) is 0. The predicted octanol–water partition coefficient (Wildman–Crippen LogP) is 2.56. The maximum Gasteiger partial charge on any atom is 0.415 e. The number of rotatable bonds is 7. The molecular formula is C21H23N3O5S. The average molecular weight is 429 g/mol. The maximum atomic E-state index is 12.6. The number of nitrogens with zero attached hydrogens (tertiary/aromatic N) is 1. The summed E-state index contributed by atoms with van der Waals surface area (Å²) in [6, 6.07) is 7.85. The van der Waals surface area contributed by atoms with Crippen LogP contribution in [0, 0.1) is 5.41 Å². The van der Waals surface area contributed by atoms with Gasteiger partial charge < -0.3 is 20.6 Å². The lowest BCUT2D eigenvalue weighted by atomic mass is 10.0. The van der Waals surface area contributed by atoms with E-state index in [9.17, 15) is 19.5 Å². The molecule has 0 spiro atoms. The van der Waals surface area contributed by atoms with Crippen LogP contribution in [0.5, 0.6) is 0 Å². The molecule has 1 unspecified atom stereocenters. The maximum absolute atomic E-state index is 12.6. The van der Waals surface area contributed by atoms with Crippen LogP contribution < -0.4 is 5.32 Å². The second-order valence-corrected chi connectivity index (χ2v) is 7.82. The molecule has 1 heterocycles. The van der Waals surface area contributed by atoms with Crippen molar-refractivity contribution in [3.8, 4) is 0 Å². The number of allylic oxidation sites excluding steroid dienone is 3. The van der Waals surface area contributed by atoms with Crippen LogP contribution in [-0.4, -0.2) is 58.6 Å². The van der Waals surface area contributed by atoms with Gasteiger partial charge in [-0.15, -0.1) is 11.8 Å². The minimum Gasteiger partial charge on any atom is -0.480 e. The number of hydrogen-bond donors (Lipinski definition) is 3. The third-order valence-corrected chi connectivity index (χ3v) is 5.96. The van der Waals surface area contributed by atoms with E-state index in [4.69, 9.17) is 10.1 Å². The third kappa shape index (κ3) is 4.56. The summed E-state index contributed by atoms with van der Waals surface area (Å²) in [4.78, 5) is 38.8. The van der Waals surface area contributed by atoms with E-state index in [1.54, 1.807) is 30.3 Å². The topological polar surface area (TPSA) is 120 Å². The van der Waals surface area contributed by atoms with E-state index in [-0.39, 0.29) is 13.0 Å². The summed E-state index contributed by atoms with van der Waals surface area (Å²) in [5.74, 6) is -1.81. The van der Waals surface area contributed by atoms with Gasteiger partial charge in [-0.3, -0.25) is 9.69 Å². The highest BCUT2D eigenvalue weighted by molar-refractivity contribution is 8.03. The number of amides is 2. The Kier molecular flexibility index (Phi) is 6.61. The van der Waals surface area contributed by atoms with Gasteiger partial charge in [0.2, 0.25) is 0 Å². The molecule has 1 aliphatic heterocycles. The molecule has 9 heteroatoms. The molecule has 158 valence electrons. The molecule has 30 heavy (non-hydrogen) atoms. The molecule has 1 aromatic rings. The van der Waals surface area contributed by atoms with Crippen molar-refractivity contribution in [1.29, 1.82) is 5.41 Å². The van der Waals surface area contributed by atoms with Crippen molar-refractivity contribution in [2.75, 3.05) is 12.8 Å². The van der Waals surface area contributed by atoms with Crippen LogP contribution in [0.2, 0.25) is 0 Å². The number of benzene rings is 1. The zero-order valence-corrected chi connectivity index (χ0v) is 17.5. The van der Waals surface area contributed by atoms with Gasteiger partial charge in [0.1, 0.15) is 6.04 Å². The first-order valence-corrected chi connectivity index (χ1v) is 10.6. The standard InChI is InChI=1S/C21H23N3O5S/c1-12-16(9-8-14(22)18(12)30-2)24-11-17(29-21(24)28)19(25)23-15(20(26)27)10-13-6-4-3-5-7-13/h3-7,9,15,17,22H,8,10-11H2,1-2H3,(H,23,25)(H,26,27)/t15-,17?/m1/s1. The van der Waals surface area contributed by atoms with Gasteiger partial charge in [-0.1, -0.05) is 36.4 Å². The van der Waals surface area contributed by atoms with Crippen molar-refractivity contribution in [1.82, 2.24) is 10.2 Å². The number of carbonyl (C=O) groups is 3. The molecule has 1 aliphatic carbocycles. The fraction of sp³-hybridized carbons (Fsp3) is 0.333. The van der Waals surface area contributed by atoms with E-state index in [0.29, 0.717) is 17.8 Å². The first kappa shape index (κ1) is 21.6. The molecule has 3 N–H and O–H groups in total. The SMILES string of the molecule is CSC1=C(C)C(N2CC(C(=O)N[C@H](Cc3ccccc3)C(=O)O)OC2=O)=CCC1=N. The molecule has 3 rings (SSSR count). The number of carboxylic acid groups (broad SMARTS) is 1. The highest BCUT2D eigenvalue weighted by Crippen LogP contribution is 2.33. The molecule has 1 fully saturated rings. The summed E-state index contributed by atoms with van der Waals surface area (Å²) in [6.07, 6.45) is 2.38. The van der Waals surface area contributed by atoms with Crippen LogP contribution >= 0.6 is 11.8 Å². The largest absolute Gasteiger partial charge is 0.480 e. The van der Waals surface area contributed by atoms with Gasteiger partial charge in [0.15, 0.2) is 6.10 Å². The fourth-order valence-corrected chi connectivity index (χ4v) is 4.23. The first-order valence-electron chi connectivity index (χ1n) is 9.40. The highest BCUT2D eigenvalue weighted by atomic mass is 32.2. The summed E-state index contributed by atoms with van der Waals surface area (Å²) in [5.41, 5.74) is 2.66. The zero-order chi connectivity index (χ0) is 21.8. The zero-order valence-electron chi connectivity index (χ0n) is 16.7. The number of nitrogens with one attached hydrogen (secondary N) is 2. The van der Waals surface area contributed by atoms with Crippen molar-refractivity contribution < 1.29 is 24.2 Å². The van der Waals surface area contributed by atoms with Crippen molar-refractivity contribution in [3.05, 3.63) is 58.1 Å². The number of ether oxygens (including phenoxy) is 1. The number of aliphatic carboxylic acids is 1. The van der Waals surface area contributed by atoms with E-state index in [0.717, 1.165) is 16.0 Å². The van der Waals surface area contributed by atoms with Crippen LogP contribution in [0.15, 0.2) is 52.6 Å². The average Bonchev–Trinajstić information content (AvgIpc) is 3.10. The Bertz CT molecular complexity index is 941. The molecule has 2 atom stereocenters. The Balaban J connectivity index is 1.69. The summed E-state index contributed by atoms with van der Waals surface area (Å²) in [5, 5.41) is 20.0. The van der Waals surface area contributed by atoms with Gasteiger partial charge in [0.25, 0.3) is 5.91 Å². The summed E-state index contributed by atoms with van der Waals surface area (Å²) >= 11 is 1.44. The molecule has 0 saturated carbocycles. The Morgan fingerprint density at radius 2 is 2.07 bits per heavy atom. The van der Waals surface area contributed by atoms with Crippen LogP contribution in [0.3, 0.4) is 0 Å². The lowest BCUT2D eigenvalue weighted by Crippen LogP contribution is -2.47. The van der Waals surface area contributed by atoms with E-state index < -0.39 is 30.1 Å². The Morgan fingerprint density at radius 3 is 2.70 bits per heavy atom. The van der Waals surface area contributed by atoms with Gasteiger partial charge in [-0.2, -0.15) is 0 Å². The van der Waals surface area contributed by atoms with Crippen molar-refractivity contribution in [2.45, 2.75) is 31.9 Å². The minimum atomic E-state index is -1.16. The molecule has 0 aromatic heterocycles. The number of carbonyl (C=O) groups excluding carboxylic acids is 2. The van der Waals surface area contributed by atoms with Crippen LogP contribution in [0.4, 0.5) is 4.79 Å². The lowest BCUT2D eigenvalue weighted by Gasteiger charge is -2.24. The summed E-state index contributed by atoms with van der Waals surface area (Å²) in [6.45, 7) is 1.81. The van der Waals surface area contributed by atoms with Gasteiger partial charge in [-0.25, -0.2) is 9.59 Å². The summed E-state index contributed by atoms with van der Waals surface area (Å²) < 4.78 is 5.22. The smallest absolute Gasteiger partial charge is 0.415 e. The molecule has 2 aliphatic rings. The van der Waals surface area contributed by atoms with E-state index in [1.165, 1.54) is 16.7 Å². The molecule has 8 nitrogen and oxygen atoms in total. The normalized spacial score (nSPS) is 20.0. The van der Waals surface area contributed by atoms with Crippen molar-refractivity contribution in [3.63, 3.8) is 0 Å². The van der Waals surface area contributed by atoms with E-state index >= 15 is 0 Å². The number of hydrogen-bond acceptors (Lipinski definition) is 6. The lowest BCUT2D eigenvalue weighted by molar-refractivity contribution is -0.143. The fourth-order valence-electron chi connectivity index (χ4n) is 3.49. The van der Waals surface area contributed by atoms with Crippen molar-refractivity contribution in [2.24, 2.45) is 0 Å². The number of cyclic esters (lactones) is 1. The van der Waals surface area contributed by atoms with E-state index in [1.807, 2.05) is 19.2 Å². The van der Waals surface area contributed by atoms with Gasteiger partial charge in [-0.05, 0) is 24.3 Å². The Labute approximate surface area is 178 Å². The highest BCUT2D eigenvalue weighted by Gasteiger charge is 2.40. The molecular weight excluding hydrogens is 406 g/mol. The monoisotopic (exact) mass is 429 g/mol.